The standard InChI is InChI=1S/C37H48ClN3O5/c1-25(2)46-35-21-28(19-26-7-11-30(38)12-8-26)29(20-34(35)44-5)22-36(42)39-31-13-17-33(18-14-31)40(3)23-27-9-15-32(16-10-27)41(4)24-37(43)45-6/h7-8,11-14,17-18,20-21,25,27,32H,9-10,15-16,19,22-24H2,1-6H3,(H,39,42). The summed E-state index contributed by atoms with van der Waals surface area (Å²) in [5.74, 6) is 1.57. The van der Waals surface area contributed by atoms with Crippen LogP contribution in [0.25, 0.3) is 0 Å². The number of ether oxygens (including phenoxy) is 3. The third kappa shape index (κ3) is 10.1. The number of amides is 1. The van der Waals surface area contributed by atoms with Gasteiger partial charge in [0.25, 0.3) is 0 Å². The number of carbonyl (C=O) groups is 2. The number of rotatable bonds is 14. The molecule has 1 aliphatic rings. The Hall–Kier alpha value is -3.75. The second-order valence-electron chi connectivity index (χ2n) is 12.6. The fourth-order valence-electron chi connectivity index (χ4n) is 6.14. The molecule has 0 unspecified atom stereocenters. The first-order chi connectivity index (χ1) is 22.0. The van der Waals surface area contributed by atoms with E-state index < -0.39 is 0 Å². The van der Waals surface area contributed by atoms with Gasteiger partial charge in [0, 0.05) is 36.0 Å². The molecular formula is C37H48ClN3O5. The highest BCUT2D eigenvalue weighted by Crippen LogP contribution is 2.34. The van der Waals surface area contributed by atoms with Gasteiger partial charge in [0.2, 0.25) is 5.91 Å². The smallest absolute Gasteiger partial charge is 0.319 e. The van der Waals surface area contributed by atoms with Gasteiger partial charge >= 0.3 is 5.97 Å². The number of anilines is 2. The van der Waals surface area contributed by atoms with E-state index in [0.717, 1.165) is 60.3 Å². The van der Waals surface area contributed by atoms with E-state index in [1.165, 1.54) is 7.11 Å². The van der Waals surface area contributed by atoms with Gasteiger partial charge in [-0.05, 0) is 124 Å². The Labute approximate surface area is 279 Å². The van der Waals surface area contributed by atoms with Gasteiger partial charge in [0.1, 0.15) is 0 Å². The van der Waals surface area contributed by atoms with Gasteiger partial charge in [-0.15, -0.1) is 0 Å². The molecule has 0 aliphatic heterocycles. The predicted octanol–water partition coefficient (Wildman–Crippen LogP) is 7.01. The maximum Gasteiger partial charge on any atom is 0.319 e. The summed E-state index contributed by atoms with van der Waals surface area (Å²) < 4.78 is 16.5. The lowest BCUT2D eigenvalue weighted by Crippen LogP contribution is -2.40. The molecule has 1 fully saturated rings. The highest BCUT2D eigenvalue weighted by atomic mass is 35.5. The van der Waals surface area contributed by atoms with Crippen LogP contribution in [-0.2, 0) is 27.2 Å². The predicted molar refractivity (Wildman–Crippen MR) is 185 cm³/mol. The van der Waals surface area contributed by atoms with Crippen LogP contribution in [0.3, 0.4) is 0 Å². The maximum absolute atomic E-state index is 13.3. The Morgan fingerprint density at radius 3 is 2.17 bits per heavy atom. The summed E-state index contributed by atoms with van der Waals surface area (Å²) >= 11 is 6.11. The molecule has 9 heteroatoms. The van der Waals surface area contributed by atoms with E-state index in [4.69, 9.17) is 25.8 Å². The average Bonchev–Trinajstić information content (AvgIpc) is 3.03. The van der Waals surface area contributed by atoms with Gasteiger partial charge in [-0.3, -0.25) is 14.5 Å². The molecule has 0 saturated heterocycles. The van der Waals surface area contributed by atoms with Crippen molar-refractivity contribution in [2.24, 2.45) is 5.92 Å². The third-order valence-corrected chi connectivity index (χ3v) is 8.93. The molecule has 0 radical (unpaired) electrons. The summed E-state index contributed by atoms with van der Waals surface area (Å²) in [7, 11) is 7.17. The van der Waals surface area contributed by atoms with Crippen molar-refractivity contribution in [2.75, 3.05) is 51.6 Å². The summed E-state index contributed by atoms with van der Waals surface area (Å²) in [6.07, 6.45) is 5.23. The van der Waals surface area contributed by atoms with Gasteiger partial charge in [0.05, 0.1) is 33.3 Å². The molecule has 0 atom stereocenters. The van der Waals surface area contributed by atoms with Gasteiger partial charge in [-0.1, -0.05) is 23.7 Å². The lowest BCUT2D eigenvalue weighted by atomic mass is 9.85. The number of benzene rings is 3. The summed E-state index contributed by atoms with van der Waals surface area (Å²) in [5, 5.41) is 3.75. The Morgan fingerprint density at radius 2 is 1.57 bits per heavy atom. The summed E-state index contributed by atoms with van der Waals surface area (Å²) in [4.78, 5) is 29.3. The zero-order chi connectivity index (χ0) is 33.2. The first kappa shape index (κ1) is 35.1. The second-order valence-corrected chi connectivity index (χ2v) is 13.0. The first-order valence-electron chi connectivity index (χ1n) is 16.0. The molecule has 0 heterocycles. The zero-order valence-electron chi connectivity index (χ0n) is 28.0. The minimum Gasteiger partial charge on any atom is -0.493 e. The van der Waals surface area contributed by atoms with Crippen molar-refractivity contribution < 1.29 is 23.8 Å². The van der Waals surface area contributed by atoms with Crippen LogP contribution in [0.4, 0.5) is 11.4 Å². The van der Waals surface area contributed by atoms with E-state index >= 15 is 0 Å². The van der Waals surface area contributed by atoms with Gasteiger partial charge < -0.3 is 24.4 Å². The van der Waals surface area contributed by atoms with Crippen molar-refractivity contribution in [3.63, 3.8) is 0 Å². The highest BCUT2D eigenvalue weighted by molar-refractivity contribution is 6.30. The minimum atomic E-state index is -0.186. The van der Waals surface area contributed by atoms with E-state index in [2.05, 4.69) is 34.3 Å². The number of methoxy groups -OCH3 is 2. The summed E-state index contributed by atoms with van der Waals surface area (Å²) in [6, 6.07) is 20.1. The topological polar surface area (TPSA) is 80.3 Å². The van der Waals surface area contributed by atoms with Gasteiger partial charge in [-0.25, -0.2) is 0 Å². The van der Waals surface area contributed by atoms with Crippen molar-refractivity contribution in [1.29, 1.82) is 0 Å². The molecule has 8 nitrogen and oxygen atoms in total. The molecule has 46 heavy (non-hydrogen) atoms. The monoisotopic (exact) mass is 649 g/mol. The van der Waals surface area contributed by atoms with E-state index in [-0.39, 0.29) is 24.4 Å². The lowest BCUT2D eigenvalue weighted by molar-refractivity contribution is -0.142. The van der Waals surface area contributed by atoms with Crippen LogP contribution >= 0.6 is 11.6 Å². The molecule has 1 aliphatic carbocycles. The fourth-order valence-corrected chi connectivity index (χ4v) is 6.26. The molecule has 3 aromatic rings. The number of halogens is 1. The van der Waals surface area contributed by atoms with Crippen LogP contribution in [-0.4, -0.2) is 70.3 Å². The van der Waals surface area contributed by atoms with E-state index in [9.17, 15) is 9.59 Å². The van der Waals surface area contributed by atoms with E-state index in [1.54, 1.807) is 7.11 Å². The summed E-state index contributed by atoms with van der Waals surface area (Å²) in [6.45, 7) is 5.26. The molecule has 0 aromatic heterocycles. The molecular weight excluding hydrogens is 602 g/mol. The number of hydrogen-bond donors (Lipinski definition) is 1. The van der Waals surface area contributed by atoms with Crippen molar-refractivity contribution in [3.8, 4) is 11.5 Å². The van der Waals surface area contributed by atoms with Crippen LogP contribution < -0.4 is 19.7 Å². The molecule has 0 bridgehead atoms. The molecule has 0 spiro atoms. The number of hydrogen-bond acceptors (Lipinski definition) is 7. The Bertz CT molecular complexity index is 1440. The van der Waals surface area contributed by atoms with Gasteiger partial charge in [-0.2, -0.15) is 0 Å². The van der Waals surface area contributed by atoms with Crippen molar-refractivity contribution >= 4 is 34.9 Å². The molecule has 1 amide bonds. The normalized spacial score (nSPS) is 16.3. The van der Waals surface area contributed by atoms with E-state index in [0.29, 0.717) is 41.4 Å². The van der Waals surface area contributed by atoms with Crippen molar-refractivity contribution in [1.82, 2.24) is 4.90 Å². The molecule has 3 aromatic carbocycles. The van der Waals surface area contributed by atoms with Crippen LogP contribution in [0.15, 0.2) is 60.7 Å². The molecule has 1 N–H and O–H groups in total. The van der Waals surface area contributed by atoms with Crippen molar-refractivity contribution in [2.45, 2.75) is 64.5 Å². The number of carbonyl (C=O) groups excluding carboxylic acids is 2. The first-order valence-corrected chi connectivity index (χ1v) is 16.4. The quantitative estimate of drug-likeness (QED) is 0.188. The Kier molecular flexibility index (Phi) is 12.8. The Balaban J connectivity index is 1.36. The van der Waals surface area contributed by atoms with Crippen LogP contribution in [0, 0.1) is 5.92 Å². The summed E-state index contributed by atoms with van der Waals surface area (Å²) in [5.41, 5.74) is 4.82. The number of nitrogens with zero attached hydrogens (tertiary/aromatic N) is 2. The lowest BCUT2D eigenvalue weighted by Gasteiger charge is -2.36. The fraction of sp³-hybridized carbons (Fsp3) is 0.459. The van der Waals surface area contributed by atoms with Crippen LogP contribution in [0.1, 0.15) is 56.2 Å². The second kappa shape index (κ2) is 16.7. The zero-order valence-corrected chi connectivity index (χ0v) is 28.7. The van der Waals surface area contributed by atoms with Crippen LogP contribution in [0.5, 0.6) is 11.5 Å². The molecule has 1 saturated carbocycles. The number of nitrogens with one attached hydrogen (secondary N) is 1. The van der Waals surface area contributed by atoms with Crippen LogP contribution in [0.2, 0.25) is 5.02 Å². The number of esters is 1. The van der Waals surface area contributed by atoms with Gasteiger partial charge in [0.15, 0.2) is 11.5 Å². The third-order valence-electron chi connectivity index (χ3n) is 8.68. The molecule has 4 rings (SSSR count). The molecule has 248 valence electrons. The number of likely N-dealkylation sites (N-methyl/N-ethyl adjacent to an activating group) is 1. The SMILES string of the molecule is COC(=O)CN(C)C1CCC(CN(C)c2ccc(NC(=O)Cc3cc(OC)c(OC(C)C)cc3Cc3ccc(Cl)cc3)cc2)CC1. The Morgan fingerprint density at radius 1 is 0.913 bits per heavy atom. The average molecular weight is 650 g/mol. The maximum atomic E-state index is 13.3. The minimum absolute atomic E-state index is 0.0187. The van der Waals surface area contributed by atoms with E-state index in [1.807, 2.05) is 69.4 Å². The largest absolute Gasteiger partial charge is 0.493 e. The highest BCUT2D eigenvalue weighted by Gasteiger charge is 2.26. The van der Waals surface area contributed by atoms with Crippen molar-refractivity contribution in [3.05, 3.63) is 82.4 Å².